The lowest BCUT2D eigenvalue weighted by atomic mass is 9.94. The number of amidine groups is 3. The zero-order valence-corrected chi connectivity index (χ0v) is 14.1. The van der Waals surface area contributed by atoms with E-state index in [2.05, 4.69) is 39.9 Å². The molecule has 0 amide bonds. The van der Waals surface area contributed by atoms with Crippen LogP contribution in [-0.2, 0) is 10.3 Å². The van der Waals surface area contributed by atoms with Crippen molar-refractivity contribution in [3.05, 3.63) is 12.2 Å². The van der Waals surface area contributed by atoms with Crippen LogP contribution in [0.15, 0.2) is 26.3 Å². The van der Waals surface area contributed by atoms with E-state index in [1.165, 1.54) is 12.7 Å². The molecule has 0 spiro atoms. The van der Waals surface area contributed by atoms with Crippen LogP contribution in [0, 0.1) is 0 Å². The number of nitrogens with one attached hydrogen (secondary N) is 1. The number of fused-ring (bicyclic) bond motifs is 2. The molecule has 2 aromatic heterocycles. The highest BCUT2D eigenvalue weighted by molar-refractivity contribution is 6.26. The van der Waals surface area contributed by atoms with Gasteiger partial charge in [-0.25, -0.2) is 34.9 Å². The highest BCUT2D eigenvalue weighted by Crippen LogP contribution is 2.34. The summed E-state index contributed by atoms with van der Waals surface area (Å²) in [5.74, 6) is 1.25. The Morgan fingerprint density at radius 3 is 2.96 bits per heavy atom. The van der Waals surface area contributed by atoms with Gasteiger partial charge in [-0.3, -0.25) is 0 Å². The van der Waals surface area contributed by atoms with Gasteiger partial charge < -0.3 is 26.3 Å². The maximum absolute atomic E-state index is 9.26. The monoisotopic (exact) mass is 368 g/mol. The quantitative estimate of drug-likeness (QED) is 0.528. The molecule has 0 bridgehead atoms. The van der Waals surface area contributed by atoms with Gasteiger partial charge in [0.05, 0.1) is 19.0 Å². The largest absolute Gasteiger partial charge is 0.394 e. The average molecular weight is 368 g/mol. The molecule has 6 N–H and O–H groups in total. The molecule has 0 saturated carbocycles. The Balaban J connectivity index is 1.58. The minimum absolute atomic E-state index is 0.0479. The van der Waals surface area contributed by atoms with Gasteiger partial charge in [0.15, 0.2) is 29.0 Å². The highest BCUT2D eigenvalue weighted by atomic mass is 16.5. The van der Waals surface area contributed by atoms with Crippen LogP contribution in [0.3, 0.4) is 0 Å². The third kappa shape index (κ3) is 2.20. The van der Waals surface area contributed by atoms with Crippen LogP contribution < -0.4 is 11.5 Å². The molecule has 27 heavy (non-hydrogen) atoms. The minimum Gasteiger partial charge on any atom is -0.394 e. The normalized spacial score (nSPS) is 29.6. The number of anilines is 1. The van der Waals surface area contributed by atoms with Crippen molar-refractivity contribution in [3.63, 3.8) is 0 Å². The lowest BCUT2D eigenvalue weighted by molar-refractivity contribution is 0.0378. The fourth-order valence-electron chi connectivity index (χ4n) is 3.41. The van der Waals surface area contributed by atoms with Crippen molar-refractivity contribution < 1.29 is 9.84 Å². The van der Waals surface area contributed by atoms with Crippen LogP contribution in [-0.4, -0.2) is 67.7 Å². The van der Waals surface area contributed by atoms with Gasteiger partial charge in [0, 0.05) is 0 Å². The number of aliphatic hydroxyl groups excluding tert-OH is 1. The van der Waals surface area contributed by atoms with E-state index in [9.17, 15) is 5.11 Å². The molecule has 0 radical (unpaired) electrons. The number of aromatic amines is 1. The molecule has 3 aliphatic rings. The Morgan fingerprint density at radius 2 is 2.15 bits per heavy atom. The number of imidazole rings is 1. The van der Waals surface area contributed by atoms with Gasteiger partial charge >= 0.3 is 0 Å². The Labute approximate surface area is 152 Å². The zero-order chi connectivity index (χ0) is 18.6. The van der Waals surface area contributed by atoms with E-state index >= 15 is 0 Å². The molecule has 0 aliphatic carbocycles. The molecule has 0 aromatic carbocycles. The molecule has 5 rings (SSSR count). The number of aliphatic hydroxyl groups is 1. The minimum atomic E-state index is -1.33. The molecule has 3 aliphatic heterocycles. The van der Waals surface area contributed by atoms with Crippen LogP contribution >= 0.6 is 0 Å². The number of aliphatic imine (C=N–C) groups is 4. The Morgan fingerprint density at radius 1 is 1.26 bits per heavy atom. The molecule has 12 heteroatoms. The summed E-state index contributed by atoms with van der Waals surface area (Å²) < 4.78 is 5.75. The predicted octanol–water partition coefficient (Wildman–Crippen LogP) is -1.12. The maximum atomic E-state index is 9.26. The third-order valence-electron chi connectivity index (χ3n) is 4.82. The highest BCUT2D eigenvalue weighted by Gasteiger charge is 2.50. The van der Waals surface area contributed by atoms with Gasteiger partial charge in [-0.2, -0.15) is 0 Å². The van der Waals surface area contributed by atoms with Gasteiger partial charge in [-0.1, -0.05) is 0 Å². The molecule has 1 fully saturated rings. The predicted molar refractivity (Wildman–Crippen MR) is 97.7 cm³/mol. The van der Waals surface area contributed by atoms with Crippen molar-refractivity contribution in [1.82, 2.24) is 19.9 Å². The average Bonchev–Trinajstić information content (AvgIpc) is 3.40. The van der Waals surface area contributed by atoms with Crippen LogP contribution in [0.1, 0.15) is 18.7 Å². The summed E-state index contributed by atoms with van der Waals surface area (Å²) in [7, 11) is 0. The molecule has 1 saturated heterocycles. The Bertz CT molecular complexity index is 1050. The SMILES string of the molecule is NC1=NC(C2CC[C@@H](CO)O2)=NC2=NC=NC12c1nc(N)c2[nH]cnc2n1. The van der Waals surface area contributed by atoms with Crippen LogP contribution in [0.4, 0.5) is 5.82 Å². The maximum Gasteiger partial charge on any atom is 0.237 e. The summed E-state index contributed by atoms with van der Waals surface area (Å²) in [6, 6.07) is 0. The molecular formula is C15H16N10O2. The second-order valence-corrected chi connectivity index (χ2v) is 6.41. The Hall–Kier alpha value is -3.25. The lowest BCUT2D eigenvalue weighted by Crippen LogP contribution is -2.49. The van der Waals surface area contributed by atoms with Gasteiger partial charge in [0.2, 0.25) is 5.54 Å². The number of ether oxygens (including phenoxy) is 1. The van der Waals surface area contributed by atoms with Crippen molar-refractivity contribution in [3.8, 4) is 0 Å². The fourth-order valence-corrected chi connectivity index (χ4v) is 3.41. The van der Waals surface area contributed by atoms with Crippen LogP contribution in [0.2, 0.25) is 0 Å². The first kappa shape index (κ1) is 16.0. The van der Waals surface area contributed by atoms with Crippen molar-refractivity contribution in [2.75, 3.05) is 12.3 Å². The molecule has 3 atom stereocenters. The summed E-state index contributed by atoms with van der Waals surface area (Å²) in [4.78, 5) is 33.3. The number of nitrogen functional groups attached to an aromatic ring is 1. The zero-order valence-electron chi connectivity index (χ0n) is 14.1. The van der Waals surface area contributed by atoms with Crippen molar-refractivity contribution in [2.45, 2.75) is 30.6 Å². The second kappa shape index (κ2) is 5.62. The fraction of sp³-hybridized carbons (Fsp3) is 0.400. The number of rotatable bonds is 3. The van der Waals surface area contributed by atoms with E-state index < -0.39 is 5.54 Å². The number of nitrogens with zero attached hydrogens (tertiary/aromatic N) is 7. The standard InChI is InChI=1S/C15H16N10O2/c16-9-8-11(19-4-18-8)25-14(22-9)15-12(17)23-10(24-13(15)20-5-21-15)7-2-1-6(3-26)27-7/h4-7,26H,1-3H2,(H3,16,18,19,22,25)(H2,17,20,21,23,24)/t6-,7?,15?/m0/s1. The summed E-state index contributed by atoms with van der Waals surface area (Å²) in [6.07, 6.45) is 3.65. The summed E-state index contributed by atoms with van der Waals surface area (Å²) in [5.41, 5.74) is 11.9. The first-order valence-electron chi connectivity index (χ1n) is 8.40. The van der Waals surface area contributed by atoms with Crippen molar-refractivity contribution in [1.29, 1.82) is 0 Å². The van der Waals surface area contributed by atoms with E-state index in [0.29, 0.717) is 29.3 Å². The van der Waals surface area contributed by atoms with Crippen LogP contribution in [0.5, 0.6) is 0 Å². The molecule has 2 aromatic rings. The molecule has 2 unspecified atom stereocenters. The molecule has 5 heterocycles. The molecule has 138 valence electrons. The third-order valence-corrected chi connectivity index (χ3v) is 4.82. The van der Waals surface area contributed by atoms with E-state index in [-0.39, 0.29) is 36.3 Å². The van der Waals surface area contributed by atoms with Gasteiger partial charge in [0.25, 0.3) is 0 Å². The first-order valence-corrected chi connectivity index (χ1v) is 8.40. The Kier molecular flexibility index (Phi) is 3.32. The number of hydrogen-bond acceptors (Lipinski definition) is 11. The number of nitrogens with two attached hydrogens (primary N) is 2. The van der Waals surface area contributed by atoms with Gasteiger partial charge in [-0.15, -0.1) is 0 Å². The van der Waals surface area contributed by atoms with E-state index in [1.54, 1.807) is 0 Å². The van der Waals surface area contributed by atoms with E-state index in [0.717, 1.165) is 6.42 Å². The number of H-pyrrole nitrogens is 1. The smallest absolute Gasteiger partial charge is 0.237 e. The topological polar surface area (TPSA) is 185 Å². The lowest BCUT2D eigenvalue weighted by Gasteiger charge is -2.28. The van der Waals surface area contributed by atoms with Crippen molar-refractivity contribution in [2.24, 2.45) is 25.7 Å². The summed E-state index contributed by atoms with van der Waals surface area (Å²) >= 11 is 0. The van der Waals surface area contributed by atoms with Crippen LogP contribution in [0.25, 0.3) is 11.2 Å². The second-order valence-electron chi connectivity index (χ2n) is 6.41. The van der Waals surface area contributed by atoms with Gasteiger partial charge in [0.1, 0.15) is 23.8 Å². The summed E-state index contributed by atoms with van der Waals surface area (Å²) in [5, 5.41) is 9.26. The molecular weight excluding hydrogens is 352 g/mol. The summed E-state index contributed by atoms with van der Waals surface area (Å²) in [6.45, 7) is -0.0479. The van der Waals surface area contributed by atoms with Crippen molar-refractivity contribution >= 4 is 40.8 Å². The van der Waals surface area contributed by atoms with E-state index in [4.69, 9.17) is 16.2 Å². The number of aromatic nitrogens is 4. The first-order chi connectivity index (χ1) is 13.1. The van der Waals surface area contributed by atoms with E-state index in [1.807, 2.05) is 0 Å². The van der Waals surface area contributed by atoms with Gasteiger partial charge in [-0.05, 0) is 12.8 Å². The molecule has 12 nitrogen and oxygen atoms in total. The number of hydrogen-bond donors (Lipinski definition) is 4.